The van der Waals surface area contributed by atoms with Gasteiger partial charge in [-0.15, -0.1) is 5.10 Å². The van der Waals surface area contributed by atoms with Crippen LogP contribution in [-0.4, -0.2) is 20.2 Å². The van der Waals surface area contributed by atoms with Gasteiger partial charge in [-0.1, -0.05) is 25.5 Å². The first-order chi connectivity index (χ1) is 10.2. The monoisotopic (exact) mass is 285 g/mol. The molecule has 1 aliphatic carbocycles. The predicted octanol–water partition coefficient (Wildman–Crippen LogP) is 3.37. The fourth-order valence-electron chi connectivity index (χ4n) is 3.21. The average molecular weight is 285 g/mol. The van der Waals surface area contributed by atoms with Crippen LogP contribution in [0.25, 0.3) is 11.4 Å². The quantitative estimate of drug-likeness (QED) is 0.878. The van der Waals surface area contributed by atoms with Gasteiger partial charge in [0, 0.05) is 11.3 Å². The van der Waals surface area contributed by atoms with Gasteiger partial charge in [-0.3, -0.25) is 0 Å². The van der Waals surface area contributed by atoms with Crippen molar-refractivity contribution in [2.24, 2.45) is 5.92 Å². The molecule has 5 nitrogen and oxygen atoms in total. The van der Waals surface area contributed by atoms with Gasteiger partial charge in [0.25, 0.3) is 0 Å². The molecule has 0 unspecified atom stereocenters. The normalized spacial score (nSPS) is 22.4. The average Bonchev–Trinajstić information content (AvgIpc) is 2.99. The van der Waals surface area contributed by atoms with Crippen LogP contribution in [-0.2, 0) is 0 Å². The van der Waals surface area contributed by atoms with Crippen molar-refractivity contribution in [1.82, 2.24) is 20.2 Å². The van der Waals surface area contributed by atoms with Gasteiger partial charge < -0.3 is 5.73 Å². The molecule has 0 atom stereocenters. The van der Waals surface area contributed by atoms with Crippen LogP contribution in [0.4, 0.5) is 5.69 Å². The number of rotatable bonds is 3. The summed E-state index contributed by atoms with van der Waals surface area (Å²) in [6.07, 6.45) is 6.16. The van der Waals surface area contributed by atoms with Gasteiger partial charge in [0.1, 0.15) is 0 Å². The second-order valence-corrected chi connectivity index (χ2v) is 6.10. The molecule has 21 heavy (non-hydrogen) atoms. The number of tetrazole rings is 1. The molecule has 2 aromatic rings. The van der Waals surface area contributed by atoms with Crippen molar-refractivity contribution >= 4 is 5.69 Å². The summed E-state index contributed by atoms with van der Waals surface area (Å²) in [5.41, 5.74) is 8.89. The smallest absolute Gasteiger partial charge is 0.182 e. The van der Waals surface area contributed by atoms with Crippen molar-refractivity contribution in [3.05, 3.63) is 23.8 Å². The summed E-state index contributed by atoms with van der Waals surface area (Å²) in [6, 6.07) is 6.46. The van der Waals surface area contributed by atoms with E-state index in [1.165, 1.54) is 19.3 Å². The molecule has 1 heterocycles. The van der Waals surface area contributed by atoms with E-state index in [1.807, 2.05) is 29.8 Å². The first kappa shape index (κ1) is 14.0. The van der Waals surface area contributed by atoms with Crippen molar-refractivity contribution < 1.29 is 0 Å². The first-order valence-electron chi connectivity index (χ1n) is 7.83. The molecule has 1 aliphatic rings. The van der Waals surface area contributed by atoms with Gasteiger partial charge in [0.2, 0.25) is 0 Å². The molecule has 1 aromatic carbocycles. The lowest BCUT2D eigenvalue weighted by Crippen LogP contribution is -2.19. The minimum absolute atomic E-state index is 0.417. The van der Waals surface area contributed by atoms with Crippen LogP contribution in [0.15, 0.2) is 18.2 Å². The largest absolute Gasteiger partial charge is 0.398 e. The van der Waals surface area contributed by atoms with Crippen molar-refractivity contribution in [2.75, 3.05) is 5.73 Å². The van der Waals surface area contributed by atoms with Crippen LogP contribution in [0, 0.1) is 12.8 Å². The number of nitrogens with two attached hydrogens (primary N) is 1. The SMILES string of the molecule is CCC1CCC(n2nnnc2-c2ccc(C)c(N)c2)CC1. The number of aromatic nitrogens is 4. The third-order valence-corrected chi connectivity index (χ3v) is 4.77. The molecule has 0 bridgehead atoms. The molecule has 0 aliphatic heterocycles. The maximum atomic E-state index is 6.01. The molecule has 0 radical (unpaired) electrons. The van der Waals surface area contributed by atoms with E-state index in [1.54, 1.807) is 0 Å². The van der Waals surface area contributed by atoms with E-state index >= 15 is 0 Å². The Kier molecular flexibility index (Phi) is 3.90. The van der Waals surface area contributed by atoms with Gasteiger partial charge >= 0.3 is 0 Å². The Balaban J connectivity index is 1.85. The van der Waals surface area contributed by atoms with E-state index < -0.39 is 0 Å². The Bertz CT molecular complexity index is 611. The number of benzene rings is 1. The van der Waals surface area contributed by atoms with Crippen molar-refractivity contribution in [2.45, 2.75) is 52.0 Å². The summed E-state index contributed by atoms with van der Waals surface area (Å²) in [4.78, 5) is 0. The third kappa shape index (κ3) is 2.77. The minimum Gasteiger partial charge on any atom is -0.398 e. The number of hydrogen-bond acceptors (Lipinski definition) is 4. The number of hydrogen-bond donors (Lipinski definition) is 1. The molecule has 0 saturated heterocycles. The molecule has 3 rings (SSSR count). The Hall–Kier alpha value is -1.91. The van der Waals surface area contributed by atoms with Crippen molar-refractivity contribution in [1.29, 1.82) is 0 Å². The highest BCUT2D eigenvalue weighted by atomic mass is 15.5. The maximum Gasteiger partial charge on any atom is 0.182 e. The van der Waals surface area contributed by atoms with E-state index in [-0.39, 0.29) is 0 Å². The van der Waals surface area contributed by atoms with E-state index in [0.29, 0.717) is 6.04 Å². The zero-order chi connectivity index (χ0) is 14.8. The van der Waals surface area contributed by atoms with E-state index in [9.17, 15) is 0 Å². The Morgan fingerprint density at radius 3 is 2.67 bits per heavy atom. The molecular weight excluding hydrogens is 262 g/mol. The lowest BCUT2D eigenvalue weighted by atomic mass is 9.84. The molecule has 1 saturated carbocycles. The molecule has 0 amide bonds. The number of anilines is 1. The Labute approximate surface area is 125 Å². The van der Waals surface area contributed by atoms with E-state index in [0.717, 1.165) is 41.4 Å². The molecule has 5 heteroatoms. The topological polar surface area (TPSA) is 69.6 Å². The van der Waals surface area contributed by atoms with Crippen LogP contribution >= 0.6 is 0 Å². The zero-order valence-corrected chi connectivity index (χ0v) is 12.8. The van der Waals surface area contributed by atoms with Gasteiger partial charge in [-0.05, 0) is 60.6 Å². The highest BCUT2D eigenvalue weighted by Crippen LogP contribution is 2.35. The summed E-state index contributed by atoms with van der Waals surface area (Å²) in [5, 5.41) is 12.3. The zero-order valence-electron chi connectivity index (χ0n) is 12.8. The summed E-state index contributed by atoms with van der Waals surface area (Å²) in [5.74, 6) is 1.71. The summed E-state index contributed by atoms with van der Waals surface area (Å²) in [7, 11) is 0. The van der Waals surface area contributed by atoms with Gasteiger partial charge in [0.05, 0.1) is 6.04 Å². The standard InChI is InChI=1S/C16H23N5/c1-3-12-5-8-14(9-6-12)21-16(18-19-20-21)13-7-4-11(2)15(17)10-13/h4,7,10,12,14H,3,5-6,8-9,17H2,1-2H3. The van der Waals surface area contributed by atoms with E-state index in [4.69, 9.17) is 5.73 Å². The Morgan fingerprint density at radius 1 is 1.24 bits per heavy atom. The van der Waals surface area contributed by atoms with Crippen LogP contribution < -0.4 is 5.73 Å². The highest BCUT2D eigenvalue weighted by Gasteiger charge is 2.24. The fourth-order valence-corrected chi connectivity index (χ4v) is 3.21. The molecule has 1 aromatic heterocycles. The summed E-state index contributed by atoms with van der Waals surface area (Å²) in [6.45, 7) is 4.29. The first-order valence-corrected chi connectivity index (χ1v) is 7.83. The van der Waals surface area contributed by atoms with Crippen LogP contribution in [0.3, 0.4) is 0 Å². The molecule has 2 N–H and O–H groups in total. The van der Waals surface area contributed by atoms with Crippen molar-refractivity contribution in [3.8, 4) is 11.4 Å². The molecule has 112 valence electrons. The number of nitrogen functional groups attached to an aromatic ring is 1. The molecular formula is C16H23N5. The number of nitrogens with zero attached hydrogens (tertiary/aromatic N) is 4. The molecule has 0 spiro atoms. The van der Waals surface area contributed by atoms with Gasteiger partial charge in [-0.25, -0.2) is 4.68 Å². The summed E-state index contributed by atoms with van der Waals surface area (Å²) >= 11 is 0. The van der Waals surface area contributed by atoms with Crippen LogP contribution in [0.2, 0.25) is 0 Å². The van der Waals surface area contributed by atoms with Crippen LogP contribution in [0.5, 0.6) is 0 Å². The van der Waals surface area contributed by atoms with E-state index in [2.05, 4.69) is 22.4 Å². The second-order valence-electron chi connectivity index (χ2n) is 6.10. The lowest BCUT2D eigenvalue weighted by molar-refractivity contribution is 0.255. The van der Waals surface area contributed by atoms with Gasteiger partial charge in [0.15, 0.2) is 5.82 Å². The van der Waals surface area contributed by atoms with Crippen molar-refractivity contribution in [3.63, 3.8) is 0 Å². The summed E-state index contributed by atoms with van der Waals surface area (Å²) < 4.78 is 2.00. The van der Waals surface area contributed by atoms with Gasteiger partial charge in [-0.2, -0.15) is 0 Å². The molecule has 1 fully saturated rings. The maximum absolute atomic E-state index is 6.01. The third-order valence-electron chi connectivity index (χ3n) is 4.77. The Morgan fingerprint density at radius 2 is 2.00 bits per heavy atom. The van der Waals surface area contributed by atoms with Crippen LogP contribution in [0.1, 0.15) is 50.6 Å². The minimum atomic E-state index is 0.417. The lowest BCUT2D eigenvalue weighted by Gasteiger charge is -2.28. The fraction of sp³-hybridized carbons (Fsp3) is 0.562. The number of aryl methyl sites for hydroxylation is 1. The predicted molar refractivity (Wildman–Crippen MR) is 83.7 cm³/mol. The highest BCUT2D eigenvalue weighted by molar-refractivity contribution is 5.63. The second kappa shape index (κ2) is 5.84.